The fourth-order valence-corrected chi connectivity index (χ4v) is 3.40. The largest absolute Gasteiger partial charge is 0.370 e. The quantitative estimate of drug-likeness (QED) is 0.932. The van der Waals surface area contributed by atoms with Gasteiger partial charge in [0.15, 0.2) is 5.82 Å². The van der Waals surface area contributed by atoms with Gasteiger partial charge < -0.3 is 9.84 Å². The molecule has 0 saturated heterocycles. The Morgan fingerprint density at radius 3 is 2.80 bits per heavy atom. The van der Waals surface area contributed by atoms with E-state index in [1.807, 2.05) is 25.6 Å². The third-order valence-corrected chi connectivity index (χ3v) is 4.35. The van der Waals surface area contributed by atoms with Crippen molar-refractivity contribution in [2.75, 3.05) is 11.9 Å². The molecule has 2 aromatic rings. The summed E-state index contributed by atoms with van der Waals surface area (Å²) >= 11 is 1.88. The molecule has 0 amide bonds. The lowest BCUT2D eigenvalue weighted by Crippen LogP contribution is -2.08. The van der Waals surface area contributed by atoms with Crippen LogP contribution in [0.2, 0.25) is 0 Å². The third kappa shape index (κ3) is 2.28. The lowest BCUT2D eigenvalue weighted by molar-refractivity contribution is 0.393. The summed E-state index contributed by atoms with van der Waals surface area (Å²) in [4.78, 5) is 9.42. The SMILES string of the molecule is CCCNc1nc(-c2c(C)noc2C)nc2c1CSC2. The second kappa shape index (κ2) is 5.44. The highest BCUT2D eigenvalue weighted by atomic mass is 32.2. The Morgan fingerprint density at radius 2 is 2.10 bits per heavy atom. The molecule has 0 spiro atoms. The van der Waals surface area contributed by atoms with E-state index in [1.165, 1.54) is 5.56 Å². The minimum Gasteiger partial charge on any atom is -0.370 e. The number of thioether (sulfide) groups is 1. The summed E-state index contributed by atoms with van der Waals surface area (Å²) in [6.45, 7) is 6.91. The van der Waals surface area contributed by atoms with E-state index in [2.05, 4.69) is 17.4 Å². The Labute approximate surface area is 122 Å². The molecule has 5 nitrogen and oxygen atoms in total. The highest BCUT2D eigenvalue weighted by Crippen LogP contribution is 2.35. The van der Waals surface area contributed by atoms with Crippen molar-refractivity contribution in [2.45, 2.75) is 38.7 Å². The molecule has 6 heteroatoms. The summed E-state index contributed by atoms with van der Waals surface area (Å²) < 4.78 is 5.23. The van der Waals surface area contributed by atoms with Crippen LogP contribution in [0.5, 0.6) is 0 Å². The van der Waals surface area contributed by atoms with Gasteiger partial charge in [0.25, 0.3) is 0 Å². The summed E-state index contributed by atoms with van der Waals surface area (Å²) in [7, 11) is 0. The van der Waals surface area contributed by atoms with E-state index in [0.29, 0.717) is 0 Å². The number of rotatable bonds is 4. The second-order valence-corrected chi connectivity index (χ2v) is 5.93. The van der Waals surface area contributed by atoms with Crippen LogP contribution >= 0.6 is 11.8 Å². The van der Waals surface area contributed by atoms with Gasteiger partial charge in [0, 0.05) is 23.6 Å². The van der Waals surface area contributed by atoms with Crippen molar-refractivity contribution in [1.29, 1.82) is 0 Å². The zero-order valence-corrected chi connectivity index (χ0v) is 12.8. The Hall–Kier alpha value is -1.56. The van der Waals surface area contributed by atoms with Crippen LogP contribution in [-0.2, 0) is 11.5 Å². The van der Waals surface area contributed by atoms with Gasteiger partial charge in [0.2, 0.25) is 0 Å². The minimum absolute atomic E-state index is 0.723. The molecule has 0 radical (unpaired) electrons. The van der Waals surface area contributed by atoms with Gasteiger partial charge in [-0.1, -0.05) is 12.1 Å². The average Bonchev–Trinajstić information content (AvgIpc) is 3.02. The number of anilines is 1. The molecule has 0 saturated carbocycles. The normalized spacial score (nSPS) is 13.6. The van der Waals surface area contributed by atoms with Crippen molar-refractivity contribution < 1.29 is 4.52 Å². The van der Waals surface area contributed by atoms with Gasteiger partial charge in [-0.2, -0.15) is 11.8 Å². The predicted octanol–water partition coefficient (Wildman–Crippen LogP) is 3.32. The number of aryl methyl sites for hydroxylation is 2. The molecule has 0 unspecified atom stereocenters. The number of hydrogen-bond donors (Lipinski definition) is 1. The molecule has 0 aromatic carbocycles. The smallest absolute Gasteiger partial charge is 0.167 e. The van der Waals surface area contributed by atoms with Gasteiger partial charge in [0.05, 0.1) is 17.0 Å². The van der Waals surface area contributed by atoms with E-state index in [4.69, 9.17) is 14.5 Å². The van der Waals surface area contributed by atoms with E-state index >= 15 is 0 Å². The molecule has 2 aromatic heterocycles. The van der Waals surface area contributed by atoms with Gasteiger partial charge in [-0.25, -0.2) is 9.97 Å². The molecule has 3 heterocycles. The van der Waals surface area contributed by atoms with E-state index in [9.17, 15) is 0 Å². The Morgan fingerprint density at radius 1 is 1.25 bits per heavy atom. The zero-order valence-electron chi connectivity index (χ0n) is 12.0. The van der Waals surface area contributed by atoms with Crippen LogP contribution in [0.15, 0.2) is 4.52 Å². The Kier molecular flexibility index (Phi) is 3.65. The molecule has 0 fully saturated rings. The van der Waals surface area contributed by atoms with Crippen LogP contribution in [0, 0.1) is 13.8 Å². The average molecular weight is 290 g/mol. The van der Waals surface area contributed by atoms with E-state index in [-0.39, 0.29) is 0 Å². The number of aromatic nitrogens is 3. The van der Waals surface area contributed by atoms with Gasteiger partial charge in [-0.15, -0.1) is 0 Å². The standard InChI is InChI=1S/C14H18N4OS/c1-4-5-15-13-10-6-20-7-11(10)16-14(17-13)12-8(2)18-19-9(12)3/h4-7H2,1-3H3,(H,15,16,17). The van der Waals surface area contributed by atoms with Crippen molar-refractivity contribution >= 4 is 17.6 Å². The molecular formula is C14H18N4OS. The summed E-state index contributed by atoms with van der Waals surface area (Å²) in [6, 6.07) is 0. The Bertz CT molecular complexity index is 619. The first-order chi connectivity index (χ1) is 9.70. The molecule has 106 valence electrons. The lowest BCUT2D eigenvalue weighted by atomic mass is 10.1. The first-order valence-corrected chi connectivity index (χ1v) is 8.00. The molecule has 1 aliphatic rings. The zero-order chi connectivity index (χ0) is 14.1. The number of hydrogen-bond acceptors (Lipinski definition) is 6. The fraction of sp³-hybridized carbons (Fsp3) is 0.500. The molecule has 1 aliphatic heterocycles. The van der Waals surface area contributed by atoms with Gasteiger partial charge in [0.1, 0.15) is 11.6 Å². The van der Waals surface area contributed by atoms with E-state index in [0.717, 1.165) is 58.8 Å². The lowest BCUT2D eigenvalue weighted by Gasteiger charge is -2.11. The number of nitrogens with zero attached hydrogens (tertiary/aromatic N) is 3. The predicted molar refractivity (Wildman–Crippen MR) is 80.8 cm³/mol. The van der Waals surface area contributed by atoms with Crippen molar-refractivity contribution in [3.8, 4) is 11.4 Å². The summed E-state index contributed by atoms with van der Waals surface area (Å²) in [6.07, 6.45) is 1.08. The highest BCUT2D eigenvalue weighted by Gasteiger charge is 2.22. The maximum Gasteiger partial charge on any atom is 0.167 e. The first-order valence-electron chi connectivity index (χ1n) is 6.85. The minimum atomic E-state index is 0.723. The molecule has 3 rings (SSSR count). The highest BCUT2D eigenvalue weighted by molar-refractivity contribution is 7.98. The maximum atomic E-state index is 5.23. The third-order valence-electron chi connectivity index (χ3n) is 3.38. The molecule has 0 aliphatic carbocycles. The van der Waals surface area contributed by atoms with Crippen LogP contribution in [0.3, 0.4) is 0 Å². The number of fused-ring (bicyclic) bond motifs is 1. The maximum absolute atomic E-state index is 5.23. The molecular weight excluding hydrogens is 272 g/mol. The van der Waals surface area contributed by atoms with Crippen molar-refractivity contribution in [3.05, 3.63) is 22.7 Å². The van der Waals surface area contributed by atoms with Gasteiger partial charge >= 0.3 is 0 Å². The summed E-state index contributed by atoms with van der Waals surface area (Å²) in [5, 5.41) is 7.42. The van der Waals surface area contributed by atoms with Crippen LogP contribution < -0.4 is 5.32 Å². The van der Waals surface area contributed by atoms with Crippen LogP contribution in [0.4, 0.5) is 5.82 Å². The Balaban J connectivity index is 2.09. The summed E-state index contributed by atoms with van der Waals surface area (Å²) in [5.41, 5.74) is 4.15. The fourth-order valence-electron chi connectivity index (χ4n) is 2.35. The first kappa shape index (κ1) is 13.4. The van der Waals surface area contributed by atoms with Crippen LogP contribution in [-0.4, -0.2) is 21.7 Å². The molecule has 0 atom stereocenters. The van der Waals surface area contributed by atoms with Crippen molar-refractivity contribution in [3.63, 3.8) is 0 Å². The van der Waals surface area contributed by atoms with E-state index in [1.54, 1.807) is 0 Å². The molecule has 20 heavy (non-hydrogen) atoms. The second-order valence-electron chi connectivity index (χ2n) is 4.94. The van der Waals surface area contributed by atoms with Crippen LogP contribution in [0.1, 0.15) is 36.1 Å². The van der Waals surface area contributed by atoms with Crippen molar-refractivity contribution in [2.24, 2.45) is 0 Å². The topological polar surface area (TPSA) is 63.8 Å². The monoisotopic (exact) mass is 290 g/mol. The van der Waals surface area contributed by atoms with Gasteiger partial charge in [-0.05, 0) is 20.3 Å². The van der Waals surface area contributed by atoms with Gasteiger partial charge in [-0.3, -0.25) is 0 Å². The molecule has 0 bridgehead atoms. The summed E-state index contributed by atoms with van der Waals surface area (Å²) in [5.74, 6) is 4.41. The van der Waals surface area contributed by atoms with E-state index < -0.39 is 0 Å². The van der Waals surface area contributed by atoms with Crippen LogP contribution in [0.25, 0.3) is 11.4 Å². The van der Waals surface area contributed by atoms with Crippen molar-refractivity contribution in [1.82, 2.24) is 15.1 Å². The number of nitrogens with one attached hydrogen (secondary N) is 1. The molecule has 1 N–H and O–H groups in total.